The highest BCUT2D eigenvalue weighted by atomic mass is 16.3. The molecule has 3 N–H and O–H groups in total. The standard InChI is InChI=1S/C11H16N2O2/c1-2-12-11(15)13-10-5-3-9(4-6-10)7-8-14/h3-6,14H,2,7-8H2,1H3,(H2,12,13,15). The van der Waals surface area contributed by atoms with Crippen LogP contribution in [0.15, 0.2) is 24.3 Å². The predicted octanol–water partition coefficient (Wildman–Crippen LogP) is 1.36. The number of aliphatic hydroxyl groups is 1. The Hall–Kier alpha value is -1.55. The Morgan fingerprint density at radius 2 is 2.00 bits per heavy atom. The Kier molecular flexibility index (Phi) is 4.63. The molecule has 0 heterocycles. The van der Waals surface area contributed by atoms with E-state index in [0.717, 1.165) is 11.3 Å². The molecule has 4 nitrogen and oxygen atoms in total. The van der Waals surface area contributed by atoms with Gasteiger partial charge in [0.15, 0.2) is 0 Å². The molecule has 0 unspecified atom stereocenters. The third kappa shape index (κ3) is 3.99. The molecule has 1 rings (SSSR count). The highest BCUT2D eigenvalue weighted by Crippen LogP contribution is 2.09. The Morgan fingerprint density at radius 3 is 2.53 bits per heavy atom. The number of anilines is 1. The summed E-state index contributed by atoms with van der Waals surface area (Å²) in [6.45, 7) is 2.61. The van der Waals surface area contributed by atoms with Crippen LogP contribution in [0.2, 0.25) is 0 Å². The van der Waals surface area contributed by atoms with Crippen molar-refractivity contribution in [3.05, 3.63) is 29.8 Å². The minimum Gasteiger partial charge on any atom is -0.396 e. The first-order valence-electron chi connectivity index (χ1n) is 5.01. The highest BCUT2D eigenvalue weighted by molar-refractivity contribution is 5.89. The van der Waals surface area contributed by atoms with Gasteiger partial charge < -0.3 is 15.7 Å². The van der Waals surface area contributed by atoms with E-state index < -0.39 is 0 Å². The molecule has 0 aliphatic rings. The lowest BCUT2D eigenvalue weighted by Gasteiger charge is -2.06. The molecule has 15 heavy (non-hydrogen) atoms. The van der Waals surface area contributed by atoms with E-state index in [1.54, 1.807) is 0 Å². The van der Waals surface area contributed by atoms with Crippen molar-refractivity contribution in [2.24, 2.45) is 0 Å². The van der Waals surface area contributed by atoms with Gasteiger partial charge in [-0.3, -0.25) is 0 Å². The predicted molar refractivity (Wildman–Crippen MR) is 59.9 cm³/mol. The first-order valence-corrected chi connectivity index (χ1v) is 5.01. The van der Waals surface area contributed by atoms with E-state index in [4.69, 9.17) is 5.11 Å². The van der Waals surface area contributed by atoms with E-state index in [-0.39, 0.29) is 12.6 Å². The van der Waals surface area contributed by atoms with Gasteiger partial charge in [0.1, 0.15) is 0 Å². The van der Waals surface area contributed by atoms with Crippen LogP contribution in [-0.4, -0.2) is 24.3 Å². The molecule has 0 aliphatic heterocycles. The summed E-state index contributed by atoms with van der Waals surface area (Å²) in [5.74, 6) is 0. The van der Waals surface area contributed by atoms with Gasteiger partial charge in [-0.2, -0.15) is 0 Å². The first-order chi connectivity index (χ1) is 7.26. The fourth-order valence-electron chi connectivity index (χ4n) is 1.22. The molecule has 0 radical (unpaired) electrons. The van der Waals surface area contributed by atoms with Crippen molar-refractivity contribution in [2.75, 3.05) is 18.5 Å². The number of nitrogens with one attached hydrogen (secondary N) is 2. The smallest absolute Gasteiger partial charge is 0.319 e. The second-order valence-corrected chi connectivity index (χ2v) is 3.15. The number of amides is 2. The van der Waals surface area contributed by atoms with Gasteiger partial charge in [0.25, 0.3) is 0 Å². The second kappa shape index (κ2) is 6.03. The first kappa shape index (κ1) is 11.5. The molecule has 0 atom stereocenters. The summed E-state index contributed by atoms with van der Waals surface area (Å²) in [6, 6.07) is 7.21. The largest absolute Gasteiger partial charge is 0.396 e. The van der Waals surface area contributed by atoms with Crippen LogP contribution in [0, 0.1) is 0 Å². The van der Waals surface area contributed by atoms with Gasteiger partial charge in [0, 0.05) is 18.8 Å². The third-order valence-electron chi connectivity index (χ3n) is 1.95. The highest BCUT2D eigenvalue weighted by Gasteiger charge is 1.99. The van der Waals surface area contributed by atoms with Gasteiger partial charge >= 0.3 is 6.03 Å². The van der Waals surface area contributed by atoms with Gasteiger partial charge in [-0.25, -0.2) is 4.79 Å². The summed E-state index contributed by atoms with van der Waals surface area (Å²) >= 11 is 0. The molecule has 1 aromatic rings. The molecule has 0 spiro atoms. The molecule has 4 heteroatoms. The van der Waals surface area contributed by atoms with E-state index in [0.29, 0.717) is 13.0 Å². The molecule has 0 aromatic heterocycles. The van der Waals surface area contributed by atoms with E-state index in [1.165, 1.54) is 0 Å². The zero-order valence-corrected chi connectivity index (χ0v) is 8.79. The Balaban J connectivity index is 2.52. The topological polar surface area (TPSA) is 61.4 Å². The van der Waals surface area contributed by atoms with Crippen molar-refractivity contribution in [1.82, 2.24) is 5.32 Å². The van der Waals surface area contributed by atoms with E-state index in [2.05, 4.69) is 10.6 Å². The maximum Gasteiger partial charge on any atom is 0.319 e. The summed E-state index contributed by atoms with van der Waals surface area (Å²) < 4.78 is 0. The fourth-order valence-corrected chi connectivity index (χ4v) is 1.22. The number of carbonyl (C=O) groups excluding carboxylic acids is 1. The number of hydrogen-bond donors (Lipinski definition) is 3. The molecule has 2 amide bonds. The molecular formula is C11H16N2O2. The molecule has 0 fully saturated rings. The van der Waals surface area contributed by atoms with Crippen molar-refractivity contribution in [1.29, 1.82) is 0 Å². The van der Waals surface area contributed by atoms with Crippen LogP contribution in [0.5, 0.6) is 0 Å². The molecule has 0 bridgehead atoms. The van der Waals surface area contributed by atoms with Crippen LogP contribution in [0.1, 0.15) is 12.5 Å². The molecule has 82 valence electrons. The fraction of sp³-hybridized carbons (Fsp3) is 0.364. The minimum atomic E-state index is -0.201. The maximum absolute atomic E-state index is 11.2. The lowest BCUT2D eigenvalue weighted by molar-refractivity contribution is 0.252. The molecule has 0 aliphatic carbocycles. The van der Waals surface area contributed by atoms with Crippen molar-refractivity contribution in [2.45, 2.75) is 13.3 Å². The van der Waals surface area contributed by atoms with Crippen LogP contribution >= 0.6 is 0 Å². The van der Waals surface area contributed by atoms with Crippen molar-refractivity contribution >= 4 is 11.7 Å². The minimum absolute atomic E-state index is 0.142. The average molecular weight is 208 g/mol. The Labute approximate surface area is 89.3 Å². The van der Waals surface area contributed by atoms with E-state index >= 15 is 0 Å². The number of hydrogen-bond acceptors (Lipinski definition) is 2. The number of aliphatic hydroxyl groups excluding tert-OH is 1. The van der Waals surface area contributed by atoms with Crippen LogP contribution in [0.4, 0.5) is 10.5 Å². The monoisotopic (exact) mass is 208 g/mol. The van der Waals surface area contributed by atoms with Gasteiger partial charge in [-0.1, -0.05) is 12.1 Å². The van der Waals surface area contributed by atoms with Gasteiger partial charge in [-0.15, -0.1) is 0 Å². The van der Waals surface area contributed by atoms with Crippen LogP contribution in [-0.2, 0) is 6.42 Å². The summed E-state index contributed by atoms with van der Waals surface area (Å²) in [5, 5.41) is 14.1. The Morgan fingerprint density at radius 1 is 1.33 bits per heavy atom. The summed E-state index contributed by atoms with van der Waals surface area (Å²) in [6.07, 6.45) is 0.640. The summed E-state index contributed by atoms with van der Waals surface area (Å²) in [5.41, 5.74) is 1.81. The maximum atomic E-state index is 11.2. The van der Waals surface area contributed by atoms with Crippen molar-refractivity contribution in [3.8, 4) is 0 Å². The number of carbonyl (C=O) groups is 1. The zero-order chi connectivity index (χ0) is 11.1. The molecule has 1 aromatic carbocycles. The second-order valence-electron chi connectivity index (χ2n) is 3.15. The molecule has 0 saturated carbocycles. The quantitative estimate of drug-likeness (QED) is 0.699. The zero-order valence-electron chi connectivity index (χ0n) is 8.79. The van der Waals surface area contributed by atoms with Crippen LogP contribution in [0.3, 0.4) is 0 Å². The van der Waals surface area contributed by atoms with Crippen LogP contribution in [0.25, 0.3) is 0 Å². The van der Waals surface area contributed by atoms with E-state index in [9.17, 15) is 4.79 Å². The number of rotatable bonds is 4. The van der Waals surface area contributed by atoms with E-state index in [1.807, 2.05) is 31.2 Å². The average Bonchev–Trinajstić information content (AvgIpc) is 2.22. The Bertz CT molecular complexity index is 309. The lowest BCUT2D eigenvalue weighted by Crippen LogP contribution is -2.28. The third-order valence-corrected chi connectivity index (χ3v) is 1.95. The number of benzene rings is 1. The van der Waals surface area contributed by atoms with Gasteiger partial charge in [0.2, 0.25) is 0 Å². The summed E-state index contributed by atoms with van der Waals surface area (Å²) in [4.78, 5) is 11.2. The van der Waals surface area contributed by atoms with Crippen molar-refractivity contribution < 1.29 is 9.90 Å². The van der Waals surface area contributed by atoms with Gasteiger partial charge in [0.05, 0.1) is 0 Å². The summed E-state index contributed by atoms with van der Waals surface area (Å²) in [7, 11) is 0. The van der Waals surface area contributed by atoms with Crippen molar-refractivity contribution in [3.63, 3.8) is 0 Å². The SMILES string of the molecule is CCNC(=O)Nc1ccc(CCO)cc1. The molecular weight excluding hydrogens is 192 g/mol. The normalized spacial score (nSPS) is 9.73. The lowest BCUT2D eigenvalue weighted by atomic mass is 10.1. The van der Waals surface area contributed by atoms with Crippen LogP contribution < -0.4 is 10.6 Å². The number of urea groups is 1. The van der Waals surface area contributed by atoms with Gasteiger partial charge in [-0.05, 0) is 31.0 Å². The molecule has 0 saturated heterocycles.